The van der Waals surface area contributed by atoms with Gasteiger partial charge >= 0.3 is 0 Å². The summed E-state index contributed by atoms with van der Waals surface area (Å²) in [6, 6.07) is 0. The van der Waals surface area contributed by atoms with Gasteiger partial charge in [0.05, 0.1) is 0 Å². The lowest BCUT2D eigenvalue weighted by Gasteiger charge is -2.26. The Morgan fingerprint density at radius 3 is 2.15 bits per heavy atom. The Morgan fingerprint density at radius 1 is 1.00 bits per heavy atom. The highest BCUT2D eigenvalue weighted by molar-refractivity contribution is 4.72. The van der Waals surface area contributed by atoms with Crippen LogP contribution < -0.4 is 0 Å². The van der Waals surface area contributed by atoms with Crippen LogP contribution >= 0.6 is 0 Å². The SMILES string of the molecule is CCCC(C)(CO)CCCCCO. The predicted molar refractivity (Wildman–Crippen MR) is 55.7 cm³/mol. The monoisotopic (exact) mass is 188 g/mol. The first kappa shape index (κ1) is 12.9. The van der Waals surface area contributed by atoms with Crippen molar-refractivity contribution in [1.82, 2.24) is 0 Å². The fourth-order valence-electron chi connectivity index (χ4n) is 1.73. The minimum absolute atomic E-state index is 0.115. The molecule has 0 bridgehead atoms. The fourth-order valence-corrected chi connectivity index (χ4v) is 1.73. The van der Waals surface area contributed by atoms with Crippen LogP contribution in [0.15, 0.2) is 0 Å². The summed E-state index contributed by atoms with van der Waals surface area (Å²) in [4.78, 5) is 0. The van der Waals surface area contributed by atoms with Crippen LogP contribution in [0.3, 0.4) is 0 Å². The summed E-state index contributed by atoms with van der Waals surface area (Å²) >= 11 is 0. The molecule has 0 aliphatic rings. The molecule has 13 heavy (non-hydrogen) atoms. The summed E-state index contributed by atoms with van der Waals surface area (Å²) < 4.78 is 0. The molecule has 0 heterocycles. The van der Waals surface area contributed by atoms with Crippen LogP contribution in [0.4, 0.5) is 0 Å². The van der Waals surface area contributed by atoms with Gasteiger partial charge in [-0.25, -0.2) is 0 Å². The summed E-state index contributed by atoms with van der Waals surface area (Å²) in [5.74, 6) is 0. The molecule has 0 aliphatic heterocycles. The zero-order valence-corrected chi connectivity index (χ0v) is 9.05. The van der Waals surface area contributed by atoms with E-state index in [1.165, 1.54) is 0 Å². The standard InChI is InChI=1S/C11H24O2/c1-3-7-11(2,10-13)8-5-4-6-9-12/h12-13H,3-10H2,1-2H3. The predicted octanol–water partition coefficient (Wildman–Crippen LogP) is 2.34. The van der Waals surface area contributed by atoms with E-state index in [2.05, 4.69) is 13.8 Å². The number of aliphatic hydroxyl groups is 2. The summed E-state index contributed by atoms with van der Waals surface area (Å²) in [5.41, 5.74) is 0.115. The van der Waals surface area contributed by atoms with Gasteiger partial charge in [-0.3, -0.25) is 0 Å². The van der Waals surface area contributed by atoms with Crippen molar-refractivity contribution < 1.29 is 10.2 Å². The molecule has 0 aromatic carbocycles. The van der Waals surface area contributed by atoms with Crippen LogP contribution in [0.2, 0.25) is 0 Å². The summed E-state index contributed by atoms with van der Waals surface area (Å²) in [6.45, 7) is 4.89. The Morgan fingerprint density at radius 2 is 1.69 bits per heavy atom. The zero-order valence-electron chi connectivity index (χ0n) is 9.05. The van der Waals surface area contributed by atoms with E-state index in [-0.39, 0.29) is 5.41 Å². The molecule has 1 atom stereocenters. The van der Waals surface area contributed by atoms with E-state index in [0.717, 1.165) is 38.5 Å². The van der Waals surface area contributed by atoms with Gasteiger partial charge in [0.15, 0.2) is 0 Å². The van der Waals surface area contributed by atoms with Crippen LogP contribution in [0.25, 0.3) is 0 Å². The first-order valence-electron chi connectivity index (χ1n) is 5.40. The van der Waals surface area contributed by atoms with Crippen LogP contribution in [0.1, 0.15) is 52.4 Å². The van der Waals surface area contributed by atoms with E-state index in [9.17, 15) is 5.11 Å². The van der Waals surface area contributed by atoms with Gasteiger partial charge in [-0.2, -0.15) is 0 Å². The summed E-state index contributed by atoms with van der Waals surface area (Å²) in [5, 5.41) is 17.8. The highest BCUT2D eigenvalue weighted by Crippen LogP contribution is 2.29. The zero-order chi connectivity index (χ0) is 10.2. The van der Waals surface area contributed by atoms with Crippen molar-refractivity contribution in [1.29, 1.82) is 0 Å². The van der Waals surface area contributed by atoms with E-state index in [1.807, 2.05) is 0 Å². The van der Waals surface area contributed by atoms with Gasteiger partial charge in [0.2, 0.25) is 0 Å². The molecule has 0 saturated carbocycles. The first-order valence-corrected chi connectivity index (χ1v) is 5.40. The van der Waals surface area contributed by atoms with Gasteiger partial charge in [-0.15, -0.1) is 0 Å². The van der Waals surface area contributed by atoms with Gasteiger partial charge in [0.1, 0.15) is 0 Å². The number of rotatable bonds is 8. The molecule has 80 valence electrons. The van der Waals surface area contributed by atoms with Crippen molar-refractivity contribution >= 4 is 0 Å². The Balaban J connectivity index is 3.57. The minimum atomic E-state index is 0.115. The van der Waals surface area contributed by atoms with Crippen molar-refractivity contribution in [2.45, 2.75) is 52.4 Å². The first-order chi connectivity index (χ1) is 6.18. The van der Waals surface area contributed by atoms with Gasteiger partial charge < -0.3 is 10.2 Å². The van der Waals surface area contributed by atoms with Gasteiger partial charge in [0.25, 0.3) is 0 Å². The molecular formula is C11H24O2. The molecule has 2 heteroatoms. The third-order valence-corrected chi connectivity index (χ3v) is 2.67. The highest BCUT2D eigenvalue weighted by Gasteiger charge is 2.21. The lowest BCUT2D eigenvalue weighted by Crippen LogP contribution is -2.20. The van der Waals surface area contributed by atoms with E-state index >= 15 is 0 Å². The third kappa shape index (κ3) is 6.05. The van der Waals surface area contributed by atoms with Crippen molar-refractivity contribution in [3.63, 3.8) is 0 Å². The number of hydrogen-bond acceptors (Lipinski definition) is 2. The van der Waals surface area contributed by atoms with Crippen molar-refractivity contribution in [3.05, 3.63) is 0 Å². The molecule has 0 radical (unpaired) electrons. The number of hydrogen-bond donors (Lipinski definition) is 2. The number of unbranched alkanes of at least 4 members (excludes halogenated alkanes) is 2. The second kappa shape index (κ2) is 7.34. The quantitative estimate of drug-likeness (QED) is 0.574. The summed E-state index contributed by atoms with van der Waals surface area (Å²) in [7, 11) is 0. The van der Waals surface area contributed by atoms with Crippen LogP contribution in [-0.4, -0.2) is 23.4 Å². The van der Waals surface area contributed by atoms with Crippen LogP contribution in [0, 0.1) is 5.41 Å². The Hall–Kier alpha value is -0.0800. The maximum Gasteiger partial charge on any atom is 0.0484 e. The minimum Gasteiger partial charge on any atom is -0.396 e. The topological polar surface area (TPSA) is 40.5 Å². The normalized spacial score (nSPS) is 15.7. The van der Waals surface area contributed by atoms with Gasteiger partial charge in [-0.1, -0.05) is 33.1 Å². The van der Waals surface area contributed by atoms with E-state index in [1.54, 1.807) is 0 Å². The van der Waals surface area contributed by atoms with Crippen LogP contribution in [-0.2, 0) is 0 Å². The smallest absolute Gasteiger partial charge is 0.0484 e. The second-order valence-corrected chi connectivity index (χ2v) is 4.25. The molecule has 2 nitrogen and oxygen atoms in total. The van der Waals surface area contributed by atoms with Crippen LogP contribution in [0.5, 0.6) is 0 Å². The molecule has 0 fully saturated rings. The van der Waals surface area contributed by atoms with Gasteiger partial charge in [-0.05, 0) is 24.7 Å². The largest absolute Gasteiger partial charge is 0.396 e. The Kier molecular flexibility index (Phi) is 7.29. The average molecular weight is 188 g/mol. The molecular weight excluding hydrogens is 164 g/mol. The molecule has 2 N–H and O–H groups in total. The molecule has 0 aromatic rings. The molecule has 0 spiro atoms. The Bertz CT molecular complexity index is 115. The maximum absolute atomic E-state index is 9.22. The van der Waals surface area contributed by atoms with Crippen molar-refractivity contribution in [2.75, 3.05) is 13.2 Å². The lowest BCUT2D eigenvalue weighted by molar-refractivity contribution is 0.118. The molecule has 0 rings (SSSR count). The van der Waals surface area contributed by atoms with E-state index in [4.69, 9.17) is 5.11 Å². The highest BCUT2D eigenvalue weighted by atomic mass is 16.3. The lowest BCUT2D eigenvalue weighted by atomic mass is 9.81. The average Bonchev–Trinajstić information content (AvgIpc) is 2.13. The molecule has 0 aliphatic carbocycles. The third-order valence-electron chi connectivity index (χ3n) is 2.67. The molecule has 0 amide bonds. The summed E-state index contributed by atoms with van der Waals surface area (Å²) in [6.07, 6.45) is 6.41. The van der Waals surface area contributed by atoms with Crippen molar-refractivity contribution in [3.8, 4) is 0 Å². The fraction of sp³-hybridized carbons (Fsp3) is 1.00. The van der Waals surface area contributed by atoms with Gasteiger partial charge in [0, 0.05) is 13.2 Å². The van der Waals surface area contributed by atoms with E-state index < -0.39 is 0 Å². The molecule has 1 unspecified atom stereocenters. The molecule has 0 aromatic heterocycles. The molecule has 0 saturated heterocycles. The maximum atomic E-state index is 9.22. The number of aliphatic hydroxyl groups excluding tert-OH is 2. The second-order valence-electron chi connectivity index (χ2n) is 4.25. The Labute approximate surface area is 82.0 Å². The van der Waals surface area contributed by atoms with E-state index in [0.29, 0.717) is 13.2 Å². The van der Waals surface area contributed by atoms with Crippen molar-refractivity contribution in [2.24, 2.45) is 5.41 Å².